The van der Waals surface area contributed by atoms with E-state index in [-0.39, 0.29) is 11.7 Å². The molecule has 0 saturated carbocycles. The number of ketones is 1. The van der Waals surface area contributed by atoms with Gasteiger partial charge in [0.1, 0.15) is 5.60 Å². The van der Waals surface area contributed by atoms with Crippen LogP contribution in [0.25, 0.3) is 0 Å². The number of rotatable bonds is 4. The predicted octanol–water partition coefficient (Wildman–Crippen LogP) is 2.87. The van der Waals surface area contributed by atoms with Crippen LogP contribution in [-0.4, -0.2) is 18.0 Å². The molecule has 0 unspecified atom stereocenters. The molecule has 2 atom stereocenters. The van der Waals surface area contributed by atoms with Crippen LogP contribution in [0.5, 0.6) is 0 Å². The van der Waals surface area contributed by atoms with E-state index in [9.17, 15) is 4.79 Å². The van der Waals surface area contributed by atoms with Crippen molar-refractivity contribution in [3.05, 3.63) is 11.6 Å². The Bertz CT molecular complexity index is 287. The zero-order chi connectivity index (χ0) is 10.9. The molecule has 1 fully saturated rings. The summed E-state index contributed by atoms with van der Waals surface area (Å²) in [5.41, 5.74) is 1.04. The summed E-state index contributed by atoms with van der Waals surface area (Å²) < 4.78 is 5.20. The molecule has 1 heterocycles. The third-order valence-electron chi connectivity index (χ3n) is 3.50. The number of carbonyl (C=O) groups is 1. The minimum absolute atomic E-state index is 0.127. The SMILES string of the molecule is C[C@@H](CC1=CCCCC1)C(=O)[C@@]1(C)CO1. The Morgan fingerprint density at radius 2 is 2.33 bits per heavy atom. The smallest absolute Gasteiger partial charge is 0.169 e. The van der Waals surface area contributed by atoms with E-state index in [1.807, 2.05) is 13.8 Å². The van der Waals surface area contributed by atoms with E-state index >= 15 is 0 Å². The summed E-state index contributed by atoms with van der Waals surface area (Å²) in [6.45, 7) is 4.56. The van der Waals surface area contributed by atoms with Gasteiger partial charge in [-0.15, -0.1) is 0 Å². The van der Waals surface area contributed by atoms with Gasteiger partial charge in [-0.05, 0) is 39.0 Å². The lowest BCUT2D eigenvalue weighted by Crippen LogP contribution is -2.27. The standard InChI is InChI=1S/C13H20O2/c1-10(12(14)13(2)9-15-13)8-11-6-4-3-5-7-11/h6,10H,3-5,7-9H2,1-2H3/t10-,13+/m0/s1. The molecule has 0 amide bonds. The highest BCUT2D eigenvalue weighted by atomic mass is 16.6. The molecule has 0 bridgehead atoms. The molecule has 0 N–H and O–H groups in total. The Morgan fingerprint density at radius 1 is 1.60 bits per heavy atom. The number of Topliss-reactive ketones (excluding diaryl/α,β-unsaturated/α-hetero) is 1. The first kappa shape index (κ1) is 10.9. The molecule has 0 radical (unpaired) electrons. The van der Waals surface area contributed by atoms with Crippen LogP contribution in [-0.2, 0) is 9.53 Å². The molecule has 2 aliphatic rings. The number of epoxide rings is 1. The van der Waals surface area contributed by atoms with Crippen LogP contribution >= 0.6 is 0 Å². The molecule has 2 heteroatoms. The molecule has 1 aliphatic carbocycles. The highest BCUT2D eigenvalue weighted by Crippen LogP contribution is 2.33. The van der Waals surface area contributed by atoms with E-state index in [2.05, 4.69) is 6.08 Å². The second-order valence-electron chi connectivity index (χ2n) is 5.10. The summed E-state index contributed by atoms with van der Waals surface area (Å²) in [6, 6.07) is 0. The second-order valence-corrected chi connectivity index (χ2v) is 5.10. The number of hydrogen-bond donors (Lipinski definition) is 0. The molecule has 1 aliphatic heterocycles. The summed E-state index contributed by atoms with van der Waals surface area (Å²) in [6.07, 6.45) is 8.26. The van der Waals surface area contributed by atoms with Crippen molar-refractivity contribution in [1.29, 1.82) is 0 Å². The van der Waals surface area contributed by atoms with Gasteiger partial charge in [-0.1, -0.05) is 18.6 Å². The zero-order valence-corrected chi connectivity index (χ0v) is 9.71. The first-order valence-corrected chi connectivity index (χ1v) is 5.98. The van der Waals surface area contributed by atoms with Crippen molar-refractivity contribution in [2.24, 2.45) is 5.92 Å². The number of hydrogen-bond acceptors (Lipinski definition) is 2. The molecule has 2 nitrogen and oxygen atoms in total. The maximum Gasteiger partial charge on any atom is 0.169 e. The van der Waals surface area contributed by atoms with E-state index in [4.69, 9.17) is 4.74 Å². The van der Waals surface area contributed by atoms with Crippen molar-refractivity contribution in [2.75, 3.05) is 6.61 Å². The van der Waals surface area contributed by atoms with Crippen molar-refractivity contribution in [3.63, 3.8) is 0 Å². The molecule has 0 spiro atoms. The lowest BCUT2D eigenvalue weighted by Gasteiger charge is -2.17. The fourth-order valence-electron chi connectivity index (χ4n) is 2.35. The van der Waals surface area contributed by atoms with Crippen LogP contribution in [0.4, 0.5) is 0 Å². The topological polar surface area (TPSA) is 29.6 Å². The van der Waals surface area contributed by atoms with Crippen LogP contribution in [0, 0.1) is 5.92 Å². The Balaban J connectivity index is 1.88. The van der Waals surface area contributed by atoms with Crippen LogP contribution in [0.15, 0.2) is 11.6 Å². The van der Waals surface area contributed by atoms with Gasteiger partial charge in [-0.25, -0.2) is 0 Å². The monoisotopic (exact) mass is 208 g/mol. The maximum absolute atomic E-state index is 11.9. The van der Waals surface area contributed by atoms with Gasteiger partial charge in [-0.2, -0.15) is 0 Å². The summed E-state index contributed by atoms with van der Waals surface area (Å²) in [4.78, 5) is 11.9. The highest BCUT2D eigenvalue weighted by molar-refractivity contribution is 5.91. The Hall–Kier alpha value is -0.630. The van der Waals surface area contributed by atoms with Gasteiger partial charge in [-0.3, -0.25) is 4.79 Å². The molecular formula is C13H20O2. The van der Waals surface area contributed by atoms with E-state index in [1.54, 1.807) is 0 Å². The van der Waals surface area contributed by atoms with Gasteiger partial charge in [0.2, 0.25) is 0 Å². The largest absolute Gasteiger partial charge is 0.362 e. The third-order valence-corrected chi connectivity index (χ3v) is 3.50. The van der Waals surface area contributed by atoms with Crippen LogP contribution in [0.3, 0.4) is 0 Å². The normalized spacial score (nSPS) is 32.0. The fraction of sp³-hybridized carbons (Fsp3) is 0.769. The van der Waals surface area contributed by atoms with Crippen molar-refractivity contribution in [2.45, 2.75) is 51.6 Å². The fourth-order valence-corrected chi connectivity index (χ4v) is 2.35. The van der Waals surface area contributed by atoms with Crippen molar-refractivity contribution < 1.29 is 9.53 Å². The lowest BCUT2D eigenvalue weighted by molar-refractivity contribution is -0.127. The Labute approximate surface area is 91.7 Å². The van der Waals surface area contributed by atoms with E-state index in [1.165, 1.54) is 31.3 Å². The zero-order valence-electron chi connectivity index (χ0n) is 9.71. The number of ether oxygens (including phenoxy) is 1. The molecule has 84 valence electrons. The van der Waals surface area contributed by atoms with Crippen LogP contribution in [0.2, 0.25) is 0 Å². The third kappa shape index (κ3) is 2.49. The molecule has 0 aromatic heterocycles. The van der Waals surface area contributed by atoms with Gasteiger partial charge >= 0.3 is 0 Å². The summed E-state index contributed by atoms with van der Waals surface area (Å²) >= 11 is 0. The average molecular weight is 208 g/mol. The molecular weight excluding hydrogens is 188 g/mol. The number of carbonyl (C=O) groups excluding carboxylic acids is 1. The molecule has 0 aromatic carbocycles. The van der Waals surface area contributed by atoms with E-state index in [0.717, 1.165) is 6.42 Å². The van der Waals surface area contributed by atoms with E-state index in [0.29, 0.717) is 6.61 Å². The average Bonchev–Trinajstić information content (AvgIpc) is 2.98. The highest BCUT2D eigenvalue weighted by Gasteiger charge is 2.48. The van der Waals surface area contributed by atoms with Gasteiger partial charge < -0.3 is 4.74 Å². The van der Waals surface area contributed by atoms with E-state index < -0.39 is 5.60 Å². The molecule has 2 rings (SSSR count). The lowest BCUT2D eigenvalue weighted by atomic mass is 9.86. The first-order chi connectivity index (χ1) is 7.12. The molecule has 0 aromatic rings. The Kier molecular flexibility index (Phi) is 2.96. The van der Waals surface area contributed by atoms with Gasteiger partial charge in [0.05, 0.1) is 6.61 Å². The molecule has 1 saturated heterocycles. The van der Waals surface area contributed by atoms with Gasteiger partial charge in [0, 0.05) is 5.92 Å². The van der Waals surface area contributed by atoms with Crippen LogP contribution < -0.4 is 0 Å². The van der Waals surface area contributed by atoms with Gasteiger partial charge in [0.25, 0.3) is 0 Å². The summed E-state index contributed by atoms with van der Waals surface area (Å²) in [5.74, 6) is 0.413. The predicted molar refractivity (Wildman–Crippen MR) is 59.7 cm³/mol. The van der Waals surface area contributed by atoms with Crippen molar-refractivity contribution in [1.82, 2.24) is 0 Å². The van der Waals surface area contributed by atoms with Crippen molar-refractivity contribution in [3.8, 4) is 0 Å². The first-order valence-electron chi connectivity index (χ1n) is 5.98. The van der Waals surface area contributed by atoms with Crippen molar-refractivity contribution >= 4 is 5.78 Å². The minimum Gasteiger partial charge on any atom is -0.362 e. The quantitative estimate of drug-likeness (QED) is 0.525. The van der Waals surface area contributed by atoms with Crippen LogP contribution in [0.1, 0.15) is 46.0 Å². The Morgan fingerprint density at radius 3 is 2.87 bits per heavy atom. The van der Waals surface area contributed by atoms with Gasteiger partial charge in [0.15, 0.2) is 5.78 Å². The molecule has 15 heavy (non-hydrogen) atoms. The minimum atomic E-state index is -0.436. The number of allylic oxidation sites excluding steroid dienone is 2. The summed E-state index contributed by atoms with van der Waals surface area (Å²) in [5, 5.41) is 0. The summed E-state index contributed by atoms with van der Waals surface area (Å²) in [7, 11) is 0. The second kappa shape index (κ2) is 4.09. The maximum atomic E-state index is 11.9.